The third-order valence-electron chi connectivity index (χ3n) is 12.6. The van der Waals surface area contributed by atoms with Crippen molar-refractivity contribution in [3.63, 3.8) is 0 Å². The minimum Gasteiger partial charge on any atom is -0.494 e. The molecule has 0 unspecified atom stereocenters. The summed E-state index contributed by atoms with van der Waals surface area (Å²) in [5.41, 5.74) is -5.80. The van der Waals surface area contributed by atoms with E-state index >= 15 is 4.79 Å². The number of halogens is 5. The average Bonchev–Trinajstić information content (AvgIpc) is 4.07. The molecule has 22 heteroatoms. The molecule has 1 saturated heterocycles. The zero-order valence-corrected chi connectivity index (χ0v) is 37.5. The van der Waals surface area contributed by atoms with Crippen LogP contribution in [-0.4, -0.2) is 114 Å². The number of hydrogen-bond acceptors (Lipinski definition) is 12. The molecule has 1 aromatic carbocycles. The van der Waals surface area contributed by atoms with Crippen molar-refractivity contribution in [2.45, 2.75) is 133 Å². The monoisotopic (exact) mass is 930 g/mol. The lowest BCUT2D eigenvalue weighted by Gasteiger charge is -2.35. The molecule has 0 spiro atoms. The van der Waals surface area contributed by atoms with Crippen LogP contribution in [0.25, 0.3) is 11.0 Å². The van der Waals surface area contributed by atoms with Crippen molar-refractivity contribution in [3.05, 3.63) is 36.0 Å². The van der Waals surface area contributed by atoms with Gasteiger partial charge in [0, 0.05) is 38.4 Å². The molecular formula is C42H55F5N6O10S. The number of alkyl halides is 5. The Bertz CT molecular complexity index is 2270. The molecule has 3 N–H and O–H groups in total. The number of nitrogens with zero attached hydrogens (tertiary/aromatic N) is 3. The van der Waals surface area contributed by atoms with Crippen molar-refractivity contribution >= 4 is 44.9 Å². The van der Waals surface area contributed by atoms with Gasteiger partial charge in [-0.3, -0.25) is 19.1 Å². The van der Waals surface area contributed by atoms with Crippen molar-refractivity contribution in [3.8, 4) is 11.6 Å². The molecule has 2 aliphatic carbocycles. The van der Waals surface area contributed by atoms with Crippen molar-refractivity contribution < 1.29 is 68.5 Å². The van der Waals surface area contributed by atoms with Gasteiger partial charge in [0.1, 0.15) is 29.5 Å². The molecule has 64 heavy (non-hydrogen) atoms. The highest BCUT2D eigenvalue weighted by atomic mass is 32.2. The molecule has 16 nitrogen and oxygen atoms in total. The number of alkyl carbamates (subject to hydrolysis) is 1. The first kappa shape index (κ1) is 48.6. The van der Waals surface area contributed by atoms with Crippen LogP contribution < -0.4 is 24.8 Å². The fourth-order valence-corrected chi connectivity index (χ4v) is 9.28. The number of fused-ring (bicyclic) bond motifs is 3. The second-order valence-corrected chi connectivity index (χ2v) is 20.3. The molecule has 3 heterocycles. The maximum atomic E-state index is 15.0. The van der Waals surface area contributed by atoms with Gasteiger partial charge in [0.25, 0.3) is 11.8 Å². The summed E-state index contributed by atoms with van der Waals surface area (Å²) in [6.07, 6.45) is -3.07. The summed E-state index contributed by atoms with van der Waals surface area (Å²) in [6, 6.07) is 0.854. The molecule has 6 rings (SSSR count). The van der Waals surface area contributed by atoms with Crippen LogP contribution >= 0.6 is 0 Å². The predicted molar refractivity (Wildman–Crippen MR) is 220 cm³/mol. The number of sulfonamides is 1. The Hall–Kier alpha value is -4.86. The van der Waals surface area contributed by atoms with E-state index in [1.807, 2.05) is 6.92 Å². The highest BCUT2D eigenvalue weighted by Crippen LogP contribution is 2.48. The van der Waals surface area contributed by atoms with E-state index in [-0.39, 0.29) is 48.8 Å². The van der Waals surface area contributed by atoms with E-state index in [0.29, 0.717) is 32.6 Å². The number of benzene rings is 1. The minimum absolute atomic E-state index is 0.0153. The minimum atomic E-state index is -5.08. The van der Waals surface area contributed by atoms with Gasteiger partial charge in [-0.25, -0.2) is 32.0 Å². The Morgan fingerprint density at radius 1 is 1.05 bits per heavy atom. The van der Waals surface area contributed by atoms with E-state index < -0.39 is 116 Å². The standard InChI is InChI=1S/C42H55F5N6O10S/c1-8-61-26-13-14-28-29(18-26)49-34(32(48-28)42(45,46)47)62-27-19-30-33(54)51-41(36(56)52-64(58,59)39(5)15-16-39)20-25(41)12-10-9-11-23(2)17-24(22-60-7)31(35(55)53(30)21-27)50-37(57)63-38(3,4)40(6,43)44/h10,12-14,18,23-25,27,30-31H,8-9,11,15-17,19-22H2,1-7H3,(H,50,57)(H,51,54)(H,52,56)/t23-,24+,25-,27-,30+,31+,41-/m1/s1. The maximum Gasteiger partial charge on any atom is 0.438 e. The Labute approximate surface area is 367 Å². The molecule has 3 fully saturated rings. The van der Waals surface area contributed by atoms with Crippen LogP contribution in [0.2, 0.25) is 0 Å². The van der Waals surface area contributed by atoms with E-state index in [0.717, 1.165) is 18.7 Å². The maximum absolute atomic E-state index is 15.0. The third-order valence-corrected chi connectivity index (χ3v) is 14.8. The van der Waals surface area contributed by atoms with Crippen LogP contribution in [0.15, 0.2) is 30.4 Å². The number of carbonyl (C=O) groups is 4. The van der Waals surface area contributed by atoms with E-state index in [9.17, 15) is 44.8 Å². The first-order chi connectivity index (χ1) is 29.7. The molecule has 2 aromatic rings. The number of rotatable bonds is 12. The molecule has 354 valence electrons. The van der Waals surface area contributed by atoms with Gasteiger partial charge in [-0.1, -0.05) is 19.1 Å². The van der Waals surface area contributed by atoms with Gasteiger partial charge >= 0.3 is 12.3 Å². The Morgan fingerprint density at radius 3 is 2.38 bits per heavy atom. The van der Waals surface area contributed by atoms with E-state index in [4.69, 9.17) is 18.9 Å². The smallest absolute Gasteiger partial charge is 0.438 e. The van der Waals surface area contributed by atoms with Gasteiger partial charge in [0.2, 0.25) is 33.4 Å². The zero-order chi connectivity index (χ0) is 47.2. The van der Waals surface area contributed by atoms with Crippen molar-refractivity contribution in [2.24, 2.45) is 17.8 Å². The van der Waals surface area contributed by atoms with Gasteiger partial charge < -0.3 is 34.5 Å². The molecule has 0 radical (unpaired) electrons. The van der Waals surface area contributed by atoms with Crippen molar-refractivity contribution in [2.75, 3.05) is 26.9 Å². The number of ether oxygens (including phenoxy) is 4. The Balaban J connectivity index is 1.42. The normalized spacial score (nSPS) is 27.6. The van der Waals surface area contributed by atoms with Gasteiger partial charge in [-0.15, -0.1) is 0 Å². The summed E-state index contributed by atoms with van der Waals surface area (Å²) in [4.78, 5) is 66.0. The molecule has 2 saturated carbocycles. The van der Waals surface area contributed by atoms with Crippen LogP contribution in [0, 0.1) is 17.8 Å². The van der Waals surface area contributed by atoms with Crippen LogP contribution in [0.1, 0.15) is 92.2 Å². The number of methoxy groups -OCH3 is 1. The molecule has 1 aromatic heterocycles. The van der Waals surface area contributed by atoms with Gasteiger partial charge in [-0.2, -0.15) is 13.2 Å². The molecule has 0 bridgehead atoms. The van der Waals surface area contributed by atoms with Gasteiger partial charge in [-0.05, 0) is 84.3 Å². The molecule has 4 amide bonds. The van der Waals surface area contributed by atoms with Crippen LogP contribution in [0.5, 0.6) is 11.6 Å². The highest BCUT2D eigenvalue weighted by Gasteiger charge is 2.63. The lowest BCUT2D eigenvalue weighted by atomic mass is 9.87. The van der Waals surface area contributed by atoms with E-state index in [2.05, 4.69) is 25.3 Å². The summed E-state index contributed by atoms with van der Waals surface area (Å²) >= 11 is 0. The van der Waals surface area contributed by atoms with Crippen molar-refractivity contribution in [1.82, 2.24) is 30.2 Å². The van der Waals surface area contributed by atoms with Gasteiger partial charge in [0.15, 0.2) is 5.60 Å². The Kier molecular flexibility index (Phi) is 13.5. The lowest BCUT2D eigenvalue weighted by molar-refractivity contribution is -0.152. The molecular weight excluding hydrogens is 876 g/mol. The summed E-state index contributed by atoms with van der Waals surface area (Å²) in [5, 5.41) is 5.10. The number of amides is 4. The fraction of sp³-hybridized carbons (Fsp3) is 0.667. The third kappa shape index (κ3) is 10.3. The quantitative estimate of drug-likeness (QED) is 0.180. The summed E-state index contributed by atoms with van der Waals surface area (Å²) in [7, 11) is -2.83. The lowest BCUT2D eigenvalue weighted by Crippen LogP contribution is -2.60. The van der Waals surface area contributed by atoms with E-state index in [1.165, 1.54) is 32.2 Å². The van der Waals surface area contributed by atoms with Crippen LogP contribution in [0.3, 0.4) is 0 Å². The second kappa shape index (κ2) is 17.8. The molecule has 7 atom stereocenters. The highest BCUT2D eigenvalue weighted by molar-refractivity contribution is 7.91. The zero-order valence-electron chi connectivity index (χ0n) is 36.6. The molecule has 4 aliphatic rings. The van der Waals surface area contributed by atoms with Crippen molar-refractivity contribution in [1.29, 1.82) is 0 Å². The number of hydrogen-bond donors (Lipinski definition) is 3. The molecule has 2 aliphatic heterocycles. The van der Waals surface area contributed by atoms with Crippen LogP contribution in [-0.2, 0) is 40.1 Å². The summed E-state index contributed by atoms with van der Waals surface area (Å²) in [5.74, 6) is -8.88. The first-order valence-electron chi connectivity index (χ1n) is 21.1. The number of aromatic nitrogens is 2. The average molecular weight is 931 g/mol. The first-order valence-corrected chi connectivity index (χ1v) is 22.6. The number of allylic oxidation sites excluding steroid dienone is 1. The summed E-state index contributed by atoms with van der Waals surface area (Å²) < 4.78 is 122. The summed E-state index contributed by atoms with van der Waals surface area (Å²) in [6.45, 7) is 7.09. The second-order valence-electron chi connectivity index (χ2n) is 18.1. The predicted octanol–water partition coefficient (Wildman–Crippen LogP) is 5.44. The topological polar surface area (TPSA) is 204 Å². The SMILES string of the molecule is CCOc1ccc2nc(C(F)(F)F)c(O[C@@H]3C[C@H]4C(=O)N[C@]5(C(=O)NS(=O)(=O)C6(C)CC6)C[C@H]5C=CCC[C@@H](C)C[C@@H](COC)[C@H](NC(=O)OC(C)(C)C(C)(F)F)C(=O)N4C3)nc2c1. The van der Waals surface area contributed by atoms with E-state index in [1.54, 1.807) is 19.1 Å². The largest absolute Gasteiger partial charge is 0.494 e. The fourth-order valence-electron chi connectivity index (χ4n) is 7.97. The number of carbonyl (C=O) groups excluding carboxylic acids is 4. The number of nitrogens with one attached hydrogen (secondary N) is 3. The Morgan fingerprint density at radius 2 is 1.75 bits per heavy atom. The van der Waals surface area contributed by atoms with Crippen LogP contribution in [0.4, 0.5) is 26.7 Å². The van der Waals surface area contributed by atoms with Gasteiger partial charge in [0.05, 0.1) is 35.5 Å².